The first kappa shape index (κ1) is 14.5. The van der Waals surface area contributed by atoms with Gasteiger partial charge in [-0.15, -0.1) is 0 Å². The molecule has 0 radical (unpaired) electrons. The Kier molecular flexibility index (Phi) is 4.27. The minimum atomic E-state index is 0.223. The predicted octanol–water partition coefficient (Wildman–Crippen LogP) is 1.50. The molecule has 0 bridgehead atoms. The van der Waals surface area contributed by atoms with Crippen LogP contribution in [0.15, 0.2) is 18.2 Å². The van der Waals surface area contributed by atoms with Gasteiger partial charge in [0.05, 0.1) is 0 Å². The molecule has 1 N–H and O–H groups in total. The van der Waals surface area contributed by atoms with E-state index in [2.05, 4.69) is 30.4 Å². The molecule has 1 saturated heterocycles. The molecule has 1 aromatic carbocycles. The van der Waals surface area contributed by atoms with Crippen molar-refractivity contribution in [3.8, 4) is 0 Å². The maximum atomic E-state index is 12.9. The molecule has 0 spiro atoms. The van der Waals surface area contributed by atoms with Gasteiger partial charge in [-0.25, -0.2) is 0 Å². The van der Waals surface area contributed by atoms with E-state index in [0.29, 0.717) is 6.04 Å². The molecule has 1 aromatic rings. The number of benzene rings is 1. The fraction of sp³-hybridized carbons (Fsp3) is 0.588. The average Bonchev–Trinajstić information content (AvgIpc) is 2.53. The maximum absolute atomic E-state index is 12.9. The Morgan fingerprint density at radius 3 is 3.05 bits per heavy atom. The number of hydrogen-bond acceptors (Lipinski definition) is 3. The molecule has 114 valence electrons. The summed E-state index contributed by atoms with van der Waals surface area (Å²) in [6.45, 7) is 3.60. The fourth-order valence-electron chi connectivity index (χ4n) is 3.46. The van der Waals surface area contributed by atoms with Crippen molar-refractivity contribution in [2.45, 2.75) is 31.8 Å². The van der Waals surface area contributed by atoms with E-state index in [1.165, 1.54) is 17.5 Å². The van der Waals surface area contributed by atoms with Crippen LogP contribution < -0.4 is 5.32 Å². The Balaban J connectivity index is 1.82. The van der Waals surface area contributed by atoms with Crippen LogP contribution in [0.3, 0.4) is 0 Å². The first-order valence-corrected chi connectivity index (χ1v) is 7.94. The van der Waals surface area contributed by atoms with Gasteiger partial charge in [0.25, 0.3) is 5.91 Å². The van der Waals surface area contributed by atoms with Crippen molar-refractivity contribution in [2.75, 3.05) is 33.7 Å². The number of carbonyl (C=O) groups excluding carboxylic acids is 1. The lowest BCUT2D eigenvalue weighted by atomic mass is 9.94. The highest BCUT2D eigenvalue weighted by Gasteiger charge is 2.27. The van der Waals surface area contributed by atoms with Gasteiger partial charge >= 0.3 is 0 Å². The molecular weight excluding hydrogens is 262 g/mol. The third-order valence-electron chi connectivity index (χ3n) is 4.78. The average molecular weight is 287 g/mol. The summed E-state index contributed by atoms with van der Waals surface area (Å²) in [4.78, 5) is 17.2. The number of hydrogen-bond donors (Lipinski definition) is 1. The quantitative estimate of drug-likeness (QED) is 0.895. The Hall–Kier alpha value is -1.39. The van der Waals surface area contributed by atoms with E-state index >= 15 is 0 Å². The second kappa shape index (κ2) is 6.16. The Bertz CT molecular complexity index is 527. The van der Waals surface area contributed by atoms with Crippen LogP contribution in [0.2, 0.25) is 0 Å². The van der Waals surface area contributed by atoms with E-state index in [1.54, 1.807) is 0 Å². The zero-order valence-corrected chi connectivity index (χ0v) is 13.1. The predicted molar refractivity (Wildman–Crippen MR) is 84.5 cm³/mol. The molecule has 2 heterocycles. The molecule has 3 rings (SSSR count). The van der Waals surface area contributed by atoms with Crippen LogP contribution in [0.4, 0.5) is 0 Å². The number of piperidine rings is 1. The highest BCUT2D eigenvalue weighted by atomic mass is 16.2. The topological polar surface area (TPSA) is 35.6 Å². The van der Waals surface area contributed by atoms with Gasteiger partial charge in [-0.1, -0.05) is 12.1 Å². The van der Waals surface area contributed by atoms with Gasteiger partial charge in [0.15, 0.2) is 0 Å². The summed E-state index contributed by atoms with van der Waals surface area (Å²) in [7, 11) is 4.21. The van der Waals surface area contributed by atoms with Gasteiger partial charge < -0.3 is 15.1 Å². The number of fused-ring (bicyclic) bond motifs is 1. The monoisotopic (exact) mass is 287 g/mol. The van der Waals surface area contributed by atoms with Crippen LogP contribution in [0.25, 0.3) is 0 Å². The van der Waals surface area contributed by atoms with Gasteiger partial charge in [0.1, 0.15) is 0 Å². The van der Waals surface area contributed by atoms with Crippen LogP contribution in [0.1, 0.15) is 34.3 Å². The lowest BCUT2D eigenvalue weighted by Crippen LogP contribution is -2.47. The SMILES string of the molecule is CN(C)C1CCCN(C(=O)c2cccc3c2CCNC3)C1. The van der Waals surface area contributed by atoms with E-state index < -0.39 is 0 Å². The molecule has 1 amide bonds. The molecule has 4 heteroatoms. The van der Waals surface area contributed by atoms with Gasteiger partial charge in [0, 0.05) is 31.2 Å². The van der Waals surface area contributed by atoms with Crippen LogP contribution >= 0.6 is 0 Å². The van der Waals surface area contributed by atoms with Gasteiger partial charge in [0.2, 0.25) is 0 Å². The van der Waals surface area contributed by atoms with Crippen LogP contribution in [-0.4, -0.2) is 55.5 Å². The normalized spacial score (nSPS) is 22.2. The van der Waals surface area contributed by atoms with E-state index in [9.17, 15) is 4.79 Å². The Morgan fingerprint density at radius 1 is 1.38 bits per heavy atom. The molecule has 1 unspecified atom stereocenters. The minimum absolute atomic E-state index is 0.223. The van der Waals surface area contributed by atoms with E-state index in [4.69, 9.17) is 0 Å². The van der Waals surface area contributed by atoms with Gasteiger partial charge in [-0.3, -0.25) is 4.79 Å². The number of amides is 1. The summed E-state index contributed by atoms with van der Waals surface area (Å²) in [6.07, 6.45) is 3.25. The summed E-state index contributed by atoms with van der Waals surface area (Å²) in [5.74, 6) is 0.223. The molecule has 21 heavy (non-hydrogen) atoms. The number of nitrogens with zero attached hydrogens (tertiary/aromatic N) is 2. The zero-order valence-electron chi connectivity index (χ0n) is 13.1. The Labute approximate surface area is 127 Å². The molecule has 1 fully saturated rings. The molecule has 1 atom stereocenters. The van der Waals surface area contributed by atoms with Crippen molar-refractivity contribution in [3.63, 3.8) is 0 Å². The third-order valence-corrected chi connectivity index (χ3v) is 4.78. The molecular formula is C17H25N3O. The van der Waals surface area contributed by atoms with Crippen molar-refractivity contribution in [1.29, 1.82) is 0 Å². The van der Waals surface area contributed by atoms with E-state index in [0.717, 1.165) is 44.6 Å². The third kappa shape index (κ3) is 2.97. The lowest BCUT2D eigenvalue weighted by molar-refractivity contribution is 0.0633. The minimum Gasteiger partial charge on any atom is -0.337 e. The summed E-state index contributed by atoms with van der Waals surface area (Å²) in [6, 6.07) is 6.65. The largest absolute Gasteiger partial charge is 0.337 e. The standard InChI is InChI=1S/C17H25N3O/c1-19(2)14-6-4-10-20(12-14)17(21)16-7-3-5-13-11-18-9-8-15(13)16/h3,5,7,14,18H,4,6,8-12H2,1-2H3. The maximum Gasteiger partial charge on any atom is 0.254 e. The fourth-order valence-corrected chi connectivity index (χ4v) is 3.46. The smallest absolute Gasteiger partial charge is 0.254 e. The highest BCUT2D eigenvalue weighted by molar-refractivity contribution is 5.96. The summed E-state index contributed by atoms with van der Waals surface area (Å²) in [5, 5.41) is 3.38. The zero-order chi connectivity index (χ0) is 14.8. The van der Waals surface area contributed by atoms with E-state index in [-0.39, 0.29) is 5.91 Å². The second-order valence-electron chi connectivity index (χ2n) is 6.38. The van der Waals surface area contributed by atoms with Crippen molar-refractivity contribution in [3.05, 3.63) is 34.9 Å². The molecule has 0 aromatic heterocycles. The van der Waals surface area contributed by atoms with Crippen molar-refractivity contribution in [1.82, 2.24) is 15.1 Å². The first-order chi connectivity index (χ1) is 10.2. The summed E-state index contributed by atoms with van der Waals surface area (Å²) in [5.41, 5.74) is 3.47. The first-order valence-electron chi connectivity index (χ1n) is 7.94. The number of likely N-dealkylation sites (tertiary alicyclic amines) is 1. The molecule has 2 aliphatic heterocycles. The van der Waals surface area contributed by atoms with E-state index in [1.807, 2.05) is 17.0 Å². The lowest BCUT2D eigenvalue weighted by Gasteiger charge is -2.36. The number of likely N-dealkylation sites (N-methyl/N-ethyl adjacent to an activating group) is 1. The number of nitrogens with one attached hydrogen (secondary N) is 1. The second-order valence-corrected chi connectivity index (χ2v) is 6.38. The molecule has 0 aliphatic carbocycles. The number of carbonyl (C=O) groups is 1. The Morgan fingerprint density at radius 2 is 2.24 bits per heavy atom. The van der Waals surface area contributed by atoms with Crippen LogP contribution in [0, 0.1) is 0 Å². The van der Waals surface area contributed by atoms with Gasteiger partial charge in [-0.05, 0) is 57.1 Å². The molecule has 0 saturated carbocycles. The van der Waals surface area contributed by atoms with Crippen molar-refractivity contribution in [2.24, 2.45) is 0 Å². The highest BCUT2D eigenvalue weighted by Crippen LogP contribution is 2.22. The number of rotatable bonds is 2. The van der Waals surface area contributed by atoms with Crippen molar-refractivity contribution < 1.29 is 4.79 Å². The van der Waals surface area contributed by atoms with Crippen molar-refractivity contribution >= 4 is 5.91 Å². The van der Waals surface area contributed by atoms with Crippen LogP contribution in [-0.2, 0) is 13.0 Å². The van der Waals surface area contributed by atoms with Gasteiger partial charge in [-0.2, -0.15) is 0 Å². The molecule has 4 nitrogen and oxygen atoms in total. The van der Waals surface area contributed by atoms with Crippen LogP contribution in [0.5, 0.6) is 0 Å². The summed E-state index contributed by atoms with van der Waals surface area (Å²) >= 11 is 0. The molecule has 2 aliphatic rings. The summed E-state index contributed by atoms with van der Waals surface area (Å²) < 4.78 is 0.